The molecule has 0 aliphatic rings. The zero-order valence-electron chi connectivity index (χ0n) is 8.73. The second kappa shape index (κ2) is 4.55. The van der Waals surface area contributed by atoms with Gasteiger partial charge in [-0.25, -0.2) is 4.98 Å². The Balaban J connectivity index is 2.21. The highest BCUT2D eigenvalue weighted by atomic mass is 32.1. The summed E-state index contributed by atoms with van der Waals surface area (Å²) < 4.78 is 0. The molecule has 0 unspecified atom stereocenters. The Morgan fingerprint density at radius 2 is 2.00 bits per heavy atom. The lowest BCUT2D eigenvalue weighted by molar-refractivity contribution is 1.01. The average molecular weight is 218 g/mol. The highest BCUT2D eigenvalue weighted by Gasteiger charge is 2.06. The molecule has 2 rings (SSSR count). The monoisotopic (exact) mass is 218 g/mol. The molecule has 0 aliphatic heterocycles. The molecular weight excluding hydrogens is 204 g/mol. The molecule has 1 aromatic heterocycles. The van der Waals surface area contributed by atoms with Gasteiger partial charge in [0, 0.05) is 17.8 Å². The average Bonchev–Trinajstić information content (AvgIpc) is 2.61. The molecule has 0 saturated carbocycles. The largest absolute Gasteiger partial charge is 0.325 e. The van der Waals surface area contributed by atoms with Gasteiger partial charge in [-0.1, -0.05) is 30.3 Å². The van der Waals surface area contributed by atoms with Crippen molar-refractivity contribution in [2.75, 3.05) is 0 Å². The first-order valence-electron chi connectivity index (χ1n) is 4.99. The van der Waals surface area contributed by atoms with E-state index in [4.69, 9.17) is 5.73 Å². The van der Waals surface area contributed by atoms with Crippen LogP contribution < -0.4 is 5.73 Å². The molecule has 0 amide bonds. The highest BCUT2D eigenvalue weighted by Crippen LogP contribution is 2.20. The van der Waals surface area contributed by atoms with Gasteiger partial charge in [0.15, 0.2) is 0 Å². The molecule has 2 aromatic rings. The van der Waals surface area contributed by atoms with Crippen LogP contribution in [0.25, 0.3) is 0 Å². The summed E-state index contributed by atoms with van der Waals surface area (Å²) in [5, 5.41) is 1.03. The van der Waals surface area contributed by atoms with Gasteiger partial charge in [0.25, 0.3) is 0 Å². The fourth-order valence-electron chi connectivity index (χ4n) is 1.52. The van der Waals surface area contributed by atoms with Crippen LogP contribution in [0.1, 0.15) is 21.1 Å². The molecule has 15 heavy (non-hydrogen) atoms. The van der Waals surface area contributed by atoms with Crippen LogP contribution >= 0.6 is 11.3 Å². The van der Waals surface area contributed by atoms with Gasteiger partial charge in [-0.2, -0.15) is 0 Å². The molecule has 3 heteroatoms. The number of aryl methyl sites for hydroxylation is 1. The van der Waals surface area contributed by atoms with E-state index in [1.54, 1.807) is 11.3 Å². The Morgan fingerprint density at radius 3 is 2.60 bits per heavy atom. The van der Waals surface area contributed by atoms with Crippen LogP contribution in [-0.2, 0) is 13.0 Å². The van der Waals surface area contributed by atoms with E-state index in [9.17, 15) is 0 Å². The van der Waals surface area contributed by atoms with Crippen molar-refractivity contribution < 1.29 is 0 Å². The van der Waals surface area contributed by atoms with Crippen LogP contribution in [-0.4, -0.2) is 4.98 Å². The summed E-state index contributed by atoms with van der Waals surface area (Å²) in [5.41, 5.74) is 8.02. The molecular formula is C12H14N2S. The lowest BCUT2D eigenvalue weighted by Crippen LogP contribution is -1.94. The van der Waals surface area contributed by atoms with E-state index >= 15 is 0 Å². The predicted molar refractivity (Wildman–Crippen MR) is 64.0 cm³/mol. The summed E-state index contributed by atoms with van der Waals surface area (Å²) in [6, 6.07) is 10.4. The van der Waals surface area contributed by atoms with E-state index < -0.39 is 0 Å². The highest BCUT2D eigenvalue weighted by molar-refractivity contribution is 7.11. The summed E-state index contributed by atoms with van der Waals surface area (Å²) in [4.78, 5) is 5.74. The van der Waals surface area contributed by atoms with Crippen molar-refractivity contribution in [3.05, 3.63) is 51.5 Å². The summed E-state index contributed by atoms with van der Waals surface area (Å²) in [7, 11) is 0. The van der Waals surface area contributed by atoms with E-state index in [2.05, 4.69) is 29.2 Å². The first-order chi connectivity index (χ1) is 7.29. The van der Waals surface area contributed by atoms with Crippen molar-refractivity contribution in [1.82, 2.24) is 4.98 Å². The van der Waals surface area contributed by atoms with Crippen LogP contribution in [0.2, 0.25) is 0 Å². The lowest BCUT2D eigenvalue weighted by Gasteiger charge is -1.98. The van der Waals surface area contributed by atoms with Gasteiger partial charge in [-0.3, -0.25) is 0 Å². The molecule has 0 atom stereocenters. The van der Waals surface area contributed by atoms with Gasteiger partial charge in [0.1, 0.15) is 5.01 Å². The van der Waals surface area contributed by atoms with Crippen molar-refractivity contribution >= 4 is 11.3 Å². The molecule has 78 valence electrons. The minimum absolute atomic E-state index is 0.542. The molecule has 2 nitrogen and oxygen atoms in total. The van der Waals surface area contributed by atoms with Gasteiger partial charge >= 0.3 is 0 Å². The molecule has 1 aromatic carbocycles. The van der Waals surface area contributed by atoms with Crippen LogP contribution in [0.5, 0.6) is 0 Å². The van der Waals surface area contributed by atoms with Gasteiger partial charge in [0.2, 0.25) is 0 Å². The molecule has 0 fully saturated rings. The molecule has 0 bridgehead atoms. The normalized spacial score (nSPS) is 10.5. The molecule has 2 N–H and O–H groups in total. The van der Waals surface area contributed by atoms with E-state index in [-0.39, 0.29) is 0 Å². The number of rotatable bonds is 3. The SMILES string of the molecule is Cc1nc(CN)sc1Cc1ccccc1. The maximum absolute atomic E-state index is 5.57. The van der Waals surface area contributed by atoms with Crippen LogP contribution in [0.4, 0.5) is 0 Å². The lowest BCUT2D eigenvalue weighted by atomic mass is 10.1. The zero-order valence-corrected chi connectivity index (χ0v) is 9.55. The zero-order chi connectivity index (χ0) is 10.7. The maximum atomic E-state index is 5.57. The molecule has 1 heterocycles. The minimum Gasteiger partial charge on any atom is -0.325 e. The summed E-state index contributed by atoms with van der Waals surface area (Å²) in [6.07, 6.45) is 0.963. The smallest absolute Gasteiger partial charge is 0.107 e. The second-order valence-electron chi connectivity index (χ2n) is 3.48. The Morgan fingerprint density at radius 1 is 1.27 bits per heavy atom. The van der Waals surface area contributed by atoms with Crippen molar-refractivity contribution in [1.29, 1.82) is 0 Å². The van der Waals surface area contributed by atoms with E-state index in [0.29, 0.717) is 6.54 Å². The topological polar surface area (TPSA) is 38.9 Å². The van der Waals surface area contributed by atoms with Crippen molar-refractivity contribution in [3.63, 3.8) is 0 Å². The van der Waals surface area contributed by atoms with Gasteiger partial charge in [-0.05, 0) is 12.5 Å². The quantitative estimate of drug-likeness (QED) is 0.859. The third-order valence-corrected chi connectivity index (χ3v) is 3.50. The van der Waals surface area contributed by atoms with Crippen molar-refractivity contribution in [2.24, 2.45) is 5.73 Å². The van der Waals surface area contributed by atoms with E-state index in [0.717, 1.165) is 17.1 Å². The van der Waals surface area contributed by atoms with E-state index in [1.807, 2.05) is 13.0 Å². The van der Waals surface area contributed by atoms with Crippen LogP contribution in [0.15, 0.2) is 30.3 Å². The standard InChI is InChI=1S/C12H14N2S/c1-9-11(15-12(8-13)14-9)7-10-5-3-2-4-6-10/h2-6H,7-8,13H2,1H3. The van der Waals surface area contributed by atoms with Gasteiger partial charge in [-0.15, -0.1) is 11.3 Å². The molecule has 0 aliphatic carbocycles. The van der Waals surface area contributed by atoms with Crippen LogP contribution in [0, 0.1) is 6.92 Å². The van der Waals surface area contributed by atoms with Crippen molar-refractivity contribution in [2.45, 2.75) is 19.9 Å². The number of nitrogens with two attached hydrogens (primary N) is 1. The fourth-order valence-corrected chi connectivity index (χ4v) is 2.50. The number of aromatic nitrogens is 1. The second-order valence-corrected chi connectivity index (χ2v) is 4.65. The molecule has 0 spiro atoms. The number of nitrogens with zero attached hydrogens (tertiary/aromatic N) is 1. The summed E-state index contributed by atoms with van der Waals surface area (Å²) in [6.45, 7) is 2.59. The number of thiazole rings is 1. The number of hydrogen-bond donors (Lipinski definition) is 1. The Kier molecular flexibility index (Phi) is 3.14. The first-order valence-corrected chi connectivity index (χ1v) is 5.80. The summed E-state index contributed by atoms with van der Waals surface area (Å²) >= 11 is 1.72. The van der Waals surface area contributed by atoms with Gasteiger partial charge < -0.3 is 5.73 Å². The Hall–Kier alpha value is -1.19. The van der Waals surface area contributed by atoms with Gasteiger partial charge in [0.05, 0.1) is 5.69 Å². The van der Waals surface area contributed by atoms with Crippen molar-refractivity contribution in [3.8, 4) is 0 Å². The minimum atomic E-state index is 0.542. The Labute approximate surface area is 93.8 Å². The molecule has 0 radical (unpaired) electrons. The summed E-state index contributed by atoms with van der Waals surface area (Å²) in [5.74, 6) is 0. The van der Waals surface area contributed by atoms with E-state index in [1.165, 1.54) is 10.4 Å². The maximum Gasteiger partial charge on any atom is 0.107 e. The Bertz CT molecular complexity index is 434. The predicted octanol–water partition coefficient (Wildman–Crippen LogP) is 2.50. The third kappa shape index (κ3) is 2.43. The molecule has 0 saturated heterocycles. The number of hydrogen-bond acceptors (Lipinski definition) is 3. The number of benzene rings is 1. The van der Waals surface area contributed by atoms with Crippen LogP contribution in [0.3, 0.4) is 0 Å². The third-order valence-electron chi connectivity index (χ3n) is 2.32. The fraction of sp³-hybridized carbons (Fsp3) is 0.250. The first kappa shape index (κ1) is 10.3.